The summed E-state index contributed by atoms with van der Waals surface area (Å²) >= 11 is 5.78. The Kier molecular flexibility index (Phi) is 4.62. The van der Waals surface area contributed by atoms with Crippen LogP contribution >= 0.6 is 11.6 Å². The molecule has 2 heterocycles. The average molecular weight is 442 g/mol. The quantitative estimate of drug-likeness (QED) is 0.591. The van der Waals surface area contributed by atoms with E-state index in [0.717, 1.165) is 4.31 Å². The van der Waals surface area contributed by atoms with Crippen molar-refractivity contribution in [3.8, 4) is 11.8 Å². The number of fused-ring (bicyclic) bond motifs is 1. The fraction of sp³-hybridized carbons (Fsp3) is 0.111. The maximum absolute atomic E-state index is 13.4. The molecule has 1 aliphatic heterocycles. The van der Waals surface area contributed by atoms with Crippen molar-refractivity contribution >= 4 is 27.4 Å². The van der Waals surface area contributed by atoms with Crippen LogP contribution in [0.15, 0.2) is 59.5 Å². The number of hydrogen-bond donors (Lipinski definition) is 0. The van der Waals surface area contributed by atoms with E-state index in [0.29, 0.717) is 16.7 Å². The molecule has 0 N–H and O–H groups in total. The van der Waals surface area contributed by atoms with Crippen LogP contribution < -0.4 is 9.04 Å². The number of alkyl halides is 3. The molecule has 29 heavy (non-hydrogen) atoms. The maximum atomic E-state index is 13.4. The molecule has 6 nitrogen and oxygen atoms in total. The van der Waals surface area contributed by atoms with Crippen LogP contribution in [0.1, 0.15) is 11.3 Å². The van der Waals surface area contributed by atoms with Crippen LogP contribution in [-0.4, -0.2) is 18.4 Å². The van der Waals surface area contributed by atoms with Gasteiger partial charge >= 0.3 is 12.2 Å². The number of benzene rings is 2. The summed E-state index contributed by atoms with van der Waals surface area (Å²) < 4.78 is 71.7. The van der Waals surface area contributed by atoms with Gasteiger partial charge in [-0.2, -0.15) is 23.1 Å². The van der Waals surface area contributed by atoms with Crippen molar-refractivity contribution in [1.82, 2.24) is 9.97 Å². The number of anilines is 1. The number of hydrogen-bond acceptors (Lipinski definition) is 5. The van der Waals surface area contributed by atoms with Gasteiger partial charge in [-0.05, 0) is 35.9 Å². The highest BCUT2D eigenvalue weighted by atomic mass is 35.5. The summed E-state index contributed by atoms with van der Waals surface area (Å²) in [5.74, 6) is -0.292. The third-order valence-electron chi connectivity index (χ3n) is 4.12. The number of sulfonamides is 1. The second kappa shape index (κ2) is 6.89. The van der Waals surface area contributed by atoms with Crippen molar-refractivity contribution in [2.45, 2.75) is 17.6 Å². The summed E-state index contributed by atoms with van der Waals surface area (Å²) in [7, 11) is -4.05. The van der Waals surface area contributed by atoms with Gasteiger partial charge in [0.25, 0.3) is 10.0 Å². The van der Waals surface area contributed by atoms with E-state index in [1.807, 2.05) is 0 Å². The monoisotopic (exact) mass is 441 g/mol. The molecule has 2 aromatic carbocycles. The van der Waals surface area contributed by atoms with Crippen molar-refractivity contribution in [3.63, 3.8) is 0 Å². The third-order valence-corrected chi connectivity index (χ3v) is 6.22. The molecule has 0 bridgehead atoms. The number of nitrogens with zero attached hydrogens (tertiary/aromatic N) is 3. The molecule has 0 spiro atoms. The van der Waals surface area contributed by atoms with Gasteiger partial charge in [-0.15, -0.1) is 0 Å². The molecule has 0 unspecified atom stereocenters. The van der Waals surface area contributed by atoms with Crippen LogP contribution in [0.3, 0.4) is 0 Å². The Morgan fingerprint density at radius 1 is 1.03 bits per heavy atom. The van der Waals surface area contributed by atoms with Crippen molar-refractivity contribution in [2.75, 3.05) is 4.31 Å². The van der Waals surface area contributed by atoms with Gasteiger partial charge in [0.2, 0.25) is 0 Å². The topological polar surface area (TPSA) is 72.4 Å². The molecule has 11 heteroatoms. The summed E-state index contributed by atoms with van der Waals surface area (Å²) in [6.07, 6.45) is -4.83. The Balaban J connectivity index is 1.78. The minimum Gasteiger partial charge on any atom is -0.424 e. The summed E-state index contributed by atoms with van der Waals surface area (Å²) in [4.78, 5) is 7.30. The van der Waals surface area contributed by atoms with Crippen LogP contribution in [0.4, 0.5) is 19.0 Å². The largest absolute Gasteiger partial charge is 0.433 e. The van der Waals surface area contributed by atoms with Crippen molar-refractivity contribution in [3.05, 3.63) is 70.9 Å². The Morgan fingerprint density at radius 2 is 1.72 bits per heavy atom. The first-order valence-corrected chi connectivity index (χ1v) is 9.97. The van der Waals surface area contributed by atoms with Crippen molar-refractivity contribution < 1.29 is 26.3 Å². The first kappa shape index (κ1) is 19.5. The average Bonchev–Trinajstić information content (AvgIpc) is 2.94. The van der Waals surface area contributed by atoms with Crippen LogP contribution in [-0.2, 0) is 22.7 Å². The van der Waals surface area contributed by atoms with Crippen LogP contribution in [0.5, 0.6) is 11.8 Å². The summed E-state index contributed by atoms with van der Waals surface area (Å²) in [5.41, 5.74) is -0.863. The van der Waals surface area contributed by atoms with E-state index in [1.165, 1.54) is 36.4 Å². The third kappa shape index (κ3) is 3.73. The highest BCUT2D eigenvalue weighted by molar-refractivity contribution is 7.93. The molecule has 1 aromatic heterocycles. The predicted octanol–water partition coefficient (Wildman–Crippen LogP) is 4.65. The Labute approximate surface area is 168 Å². The van der Waals surface area contributed by atoms with E-state index >= 15 is 0 Å². The number of aromatic nitrogens is 2. The molecule has 0 fully saturated rings. The van der Waals surface area contributed by atoms with E-state index in [1.54, 1.807) is 12.1 Å². The van der Waals surface area contributed by atoms with E-state index in [-0.39, 0.29) is 17.2 Å². The molecular formula is C18H11ClF3N3O3S. The van der Waals surface area contributed by atoms with Gasteiger partial charge in [0.1, 0.15) is 5.75 Å². The lowest BCUT2D eigenvalue weighted by Gasteiger charge is -2.18. The predicted molar refractivity (Wildman–Crippen MR) is 98.4 cm³/mol. The molecule has 3 aromatic rings. The highest BCUT2D eigenvalue weighted by Gasteiger charge is 2.39. The Hall–Kier alpha value is -2.85. The molecular weight excluding hydrogens is 431 g/mol. The smallest absolute Gasteiger partial charge is 0.424 e. The maximum Gasteiger partial charge on any atom is 0.433 e. The number of halogens is 4. The first-order chi connectivity index (χ1) is 13.6. The molecule has 0 aliphatic carbocycles. The number of ether oxygens (including phenoxy) is 1. The lowest BCUT2D eigenvalue weighted by atomic mass is 10.2. The second-order valence-electron chi connectivity index (χ2n) is 6.07. The van der Waals surface area contributed by atoms with Crippen LogP contribution in [0.25, 0.3) is 0 Å². The van der Waals surface area contributed by atoms with E-state index in [9.17, 15) is 21.6 Å². The second-order valence-corrected chi connectivity index (χ2v) is 8.33. The van der Waals surface area contributed by atoms with Crippen LogP contribution in [0.2, 0.25) is 5.02 Å². The van der Waals surface area contributed by atoms with Crippen molar-refractivity contribution in [1.29, 1.82) is 0 Å². The summed E-state index contributed by atoms with van der Waals surface area (Å²) in [6.45, 7) is -0.146. The zero-order valence-corrected chi connectivity index (χ0v) is 16.0. The molecule has 0 saturated heterocycles. The molecule has 0 radical (unpaired) electrons. The minimum atomic E-state index is -4.83. The fourth-order valence-electron chi connectivity index (χ4n) is 2.79. The van der Waals surface area contributed by atoms with E-state index < -0.39 is 33.7 Å². The van der Waals surface area contributed by atoms with Crippen molar-refractivity contribution in [2.24, 2.45) is 0 Å². The summed E-state index contributed by atoms with van der Waals surface area (Å²) in [6, 6.07) is 11.9. The normalized spacial score (nSPS) is 15.2. The van der Waals surface area contributed by atoms with Gasteiger partial charge in [-0.3, -0.25) is 0 Å². The van der Waals surface area contributed by atoms with Gasteiger partial charge in [0, 0.05) is 11.1 Å². The molecule has 150 valence electrons. The van der Waals surface area contributed by atoms with E-state index in [2.05, 4.69) is 9.97 Å². The molecule has 1 aliphatic rings. The van der Waals surface area contributed by atoms with Gasteiger partial charge in [0.15, 0.2) is 11.5 Å². The SMILES string of the molecule is O=S1(=O)c2ccccc2CN1c1cc(C(F)(F)F)nc(Oc2ccc(Cl)cc2)n1. The first-order valence-electron chi connectivity index (χ1n) is 8.15. The summed E-state index contributed by atoms with van der Waals surface area (Å²) in [5, 5.41) is 0.406. The lowest BCUT2D eigenvalue weighted by molar-refractivity contribution is -0.141. The number of rotatable bonds is 3. The van der Waals surface area contributed by atoms with Gasteiger partial charge in [-0.25, -0.2) is 12.7 Å². The molecule has 4 rings (SSSR count). The van der Waals surface area contributed by atoms with Crippen LogP contribution in [0, 0.1) is 0 Å². The van der Waals surface area contributed by atoms with Gasteiger partial charge < -0.3 is 4.74 Å². The molecule has 0 amide bonds. The highest BCUT2D eigenvalue weighted by Crippen LogP contribution is 2.37. The Bertz CT molecular complexity index is 1180. The van der Waals surface area contributed by atoms with Gasteiger partial charge in [0.05, 0.1) is 11.4 Å². The zero-order valence-electron chi connectivity index (χ0n) is 14.4. The van der Waals surface area contributed by atoms with Gasteiger partial charge in [-0.1, -0.05) is 29.8 Å². The fourth-order valence-corrected chi connectivity index (χ4v) is 4.51. The molecule has 0 saturated carbocycles. The zero-order chi connectivity index (χ0) is 20.8. The minimum absolute atomic E-state index is 0.0207. The lowest BCUT2D eigenvalue weighted by Crippen LogP contribution is -2.25. The van der Waals surface area contributed by atoms with E-state index in [4.69, 9.17) is 16.3 Å². The Morgan fingerprint density at radius 3 is 2.38 bits per heavy atom. The molecule has 0 atom stereocenters. The standard InChI is InChI=1S/C18H11ClF3N3O3S/c19-12-5-7-13(8-6-12)28-17-23-15(18(20,21)22)9-16(24-17)25-10-11-3-1-2-4-14(11)29(25,26)27/h1-9H,10H2.